The SMILES string of the molecule is COc1cc(-c2noc(C(N)C(C)(C)C)n2)ccc1F. The predicted molar refractivity (Wildman–Crippen MR) is 72.6 cm³/mol. The van der Waals surface area contributed by atoms with Crippen molar-refractivity contribution in [1.29, 1.82) is 0 Å². The molecule has 0 spiro atoms. The van der Waals surface area contributed by atoms with E-state index in [2.05, 4.69) is 10.1 Å². The summed E-state index contributed by atoms with van der Waals surface area (Å²) in [7, 11) is 1.40. The Morgan fingerprint density at radius 1 is 1.35 bits per heavy atom. The Balaban J connectivity index is 2.34. The highest BCUT2D eigenvalue weighted by molar-refractivity contribution is 5.57. The summed E-state index contributed by atoms with van der Waals surface area (Å²) in [5, 5.41) is 3.88. The third kappa shape index (κ3) is 2.80. The van der Waals surface area contributed by atoms with Gasteiger partial charge in [-0.3, -0.25) is 0 Å². The molecule has 108 valence electrons. The molecule has 20 heavy (non-hydrogen) atoms. The van der Waals surface area contributed by atoms with Crippen LogP contribution in [0.15, 0.2) is 22.7 Å². The van der Waals surface area contributed by atoms with Crippen LogP contribution in [0.1, 0.15) is 32.7 Å². The lowest BCUT2D eigenvalue weighted by Gasteiger charge is -2.23. The first-order valence-corrected chi connectivity index (χ1v) is 6.26. The molecule has 2 N–H and O–H groups in total. The third-order valence-electron chi connectivity index (χ3n) is 3.05. The van der Waals surface area contributed by atoms with E-state index in [0.29, 0.717) is 17.3 Å². The maximum absolute atomic E-state index is 13.4. The molecule has 1 atom stereocenters. The lowest BCUT2D eigenvalue weighted by atomic mass is 9.87. The molecule has 1 aromatic heterocycles. The number of hydrogen-bond acceptors (Lipinski definition) is 5. The van der Waals surface area contributed by atoms with Gasteiger partial charge in [0, 0.05) is 5.56 Å². The molecule has 2 aromatic rings. The molecule has 2 rings (SSSR count). The van der Waals surface area contributed by atoms with E-state index in [0.717, 1.165) is 0 Å². The van der Waals surface area contributed by atoms with Crippen molar-refractivity contribution < 1.29 is 13.7 Å². The van der Waals surface area contributed by atoms with Crippen LogP contribution in [0, 0.1) is 11.2 Å². The second-order valence-electron chi connectivity index (χ2n) is 5.65. The zero-order valence-corrected chi connectivity index (χ0v) is 12.0. The van der Waals surface area contributed by atoms with E-state index in [1.165, 1.54) is 19.2 Å². The molecule has 5 nitrogen and oxygen atoms in total. The summed E-state index contributed by atoms with van der Waals surface area (Å²) in [4.78, 5) is 4.27. The van der Waals surface area contributed by atoms with Gasteiger partial charge < -0.3 is 15.0 Å². The highest BCUT2D eigenvalue weighted by Crippen LogP contribution is 2.31. The van der Waals surface area contributed by atoms with Gasteiger partial charge in [-0.25, -0.2) is 4.39 Å². The predicted octanol–water partition coefficient (Wildman–Crippen LogP) is 2.93. The average Bonchev–Trinajstić information content (AvgIpc) is 2.86. The number of benzene rings is 1. The standard InChI is InChI=1S/C14H18FN3O2/c1-14(2,3)11(16)13-17-12(18-20-13)8-5-6-9(15)10(7-8)19-4/h5-7,11H,16H2,1-4H3. The van der Waals surface area contributed by atoms with Crippen LogP contribution in [0.25, 0.3) is 11.4 Å². The van der Waals surface area contributed by atoms with E-state index in [4.69, 9.17) is 15.0 Å². The molecule has 0 amide bonds. The molecule has 0 bridgehead atoms. The summed E-state index contributed by atoms with van der Waals surface area (Å²) < 4.78 is 23.5. The van der Waals surface area contributed by atoms with Crippen molar-refractivity contribution >= 4 is 0 Å². The van der Waals surface area contributed by atoms with Gasteiger partial charge in [-0.2, -0.15) is 4.98 Å². The molecule has 1 aromatic carbocycles. The summed E-state index contributed by atoms with van der Waals surface area (Å²) in [6.45, 7) is 5.97. The van der Waals surface area contributed by atoms with Crippen LogP contribution in [0.4, 0.5) is 4.39 Å². The van der Waals surface area contributed by atoms with Crippen molar-refractivity contribution in [2.75, 3.05) is 7.11 Å². The van der Waals surface area contributed by atoms with Gasteiger partial charge in [0.2, 0.25) is 11.7 Å². The number of halogens is 1. The second kappa shape index (κ2) is 5.20. The van der Waals surface area contributed by atoms with Crippen LogP contribution in [0.5, 0.6) is 5.75 Å². The summed E-state index contributed by atoms with van der Waals surface area (Å²) in [5.74, 6) is 0.411. The molecule has 0 aliphatic carbocycles. The number of hydrogen-bond donors (Lipinski definition) is 1. The molecule has 6 heteroatoms. The van der Waals surface area contributed by atoms with Gasteiger partial charge in [0.25, 0.3) is 0 Å². The number of nitrogens with zero attached hydrogens (tertiary/aromatic N) is 2. The van der Waals surface area contributed by atoms with Crippen LogP contribution in [-0.2, 0) is 0 Å². The fraction of sp³-hybridized carbons (Fsp3) is 0.429. The minimum absolute atomic E-state index is 0.133. The number of ether oxygens (including phenoxy) is 1. The summed E-state index contributed by atoms with van der Waals surface area (Å²) in [6, 6.07) is 4.02. The second-order valence-corrected chi connectivity index (χ2v) is 5.65. The molecular weight excluding hydrogens is 261 g/mol. The third-order valence-corrected chi connectivity index (χ3v) is 3.05. The summed E-state index contributed by atoms with van der Waals surface area (Å²) >= 11 is 0. The van der Waals surface area contributed by atoms with Crippen LogP contribution < -0.4 is 10.5 Å². The molecule has 0 saturated heterocycles. The maximum atomic E-state index is 13.4. The van der Waals surface area contributed by atoms with E-state index in [1.54, 1.807) is 6.07 Å². The van der Waals surface area contributed by atoms with Crippen molar-refractivity contribution in [2.45, 2.75) is 26.8 Å². The average molecular weight is 279 g/mol. The first-order chi connectivity index (χ1) is 9.32. The summed E-state index contributed by atoms with van der Waals surface area (Å²) in [5.41, 5.74) is 6.48. The molecule has 1 unspecified atom stereocenters. The lowest BCUT2D eigenvalue weighted by Crippen LogP contribution is -2.26. The number of methoxy groups -OCH3 is 1. The van der Waals surface area contributed by atoms with Crippen LogP contribution >= 0.6 is 0 Å². The highest BCUT2D eigenvalue weighted by Gasteiger charge is 2.27. The van der Waals surface area contributed by atoms with Gasteiger partial charge in [0.15, 0.2) is 11.6 Å². The van der Waals surface area contributed by atoms with Gasteiger partial charge in [-0.05, 0) is 23.6 Å². The fourth-order valence-corrected chi connectivity index (χ4v) is 1.65. The smallest absolute Gasteiger partial charge is 0.244 e. The van der Waals surface area contributed by atoms with Gasteiger partial charge in [0.1, 0.15) is 0 Å². The zero-order chi connectivity index (χ0) is 14.9. The quantitative estimate of drug-likeness (QED) is 0.935. The molecule has 0 aliphatic rings. The van der Waals surface area contributed by atoms with E-state index < -0.39 is 5.82 Å². The minimum Gasteiger partial charge on any atom is -0.494 e. The normalized spacial score (nSPS) is 13.3. The van der Waals surface area contributed by atoms with Crippen molar-refractivity contribution in [3.63, 3.8) is 0 Å². The lowest BCUT2D eigenvalue weighted by molar-refractivity contribution is 0.253. The van der Waals surface area contributed by atoms with Gasteiger partial charge >= 0.3 is 0 Å². The Hall–Kier alpha value is -1.95. The van der Waals surface area contributed by atoms with Gasteiger partial charge in [-0.15, -0.1) is 0 Å². The van der Waals surface area contributed by atoms with E-state index in [9.17, 15) is 4.39 Å². The van der Waals surface area contributed by atoms with Crippen LogP contribution in [0.2, 0.25) is 0 Å². The van der Waals surface area contributed by atoms with Crippen molar-refractivity contribution in [3.05, 3.63) is 29.9 Å². The first-order valence-electron chi connectivity index (χ1n) is 6.26. The minimum atomic E-state index is -0.439. The van der Waals surface area contributed by atoms with Gasteiger partial charge in [0.05, 0.1) is 13.2 Å². The molecular formula is C14H18FN3O2. The van der Waals surface area contributed by atoms with Crippen LogP contribution in [0.3, 0.4) is 0 Å². The Morgan fingerprint density at radius 3 is 2.65 bits per heavy atom. The largest absolute Gasteiger partial charge is 0.494 e. The van der Waals surface area contributed by atoms with Crippen molar-refractivity contribution in [3.8, 4) is 17.1 Å². The number of nitrogens with two attached hydrogens (primary N) is 1. The Kier molecular flexibility index (Phi) is 3.76. The number of aromatic nitrogens is 2. The Morgan fingerprint density at radius 2 is 2.05 bits per heavy atom. The molecule has 0 fully saturated rings. The molecule has 1 heterocycles. The monoisotopic (exact) mass is 279 g/mol. The van der Waals surface area contributed by atoms with E-state index in [-0.39, 0.29) is 17.2 Å². The molecule has 0 radical (unpaired) electrons. The van der Waals surface area contributed by atoms with E-state index >= 15 is 0 Å². The van der Waals surface area contributed by atoms with E-state index in [1.807, 2.05) is 20.8 Å². The highest BCUT2D eigenvalue weighted by atomic mass is 19.1. The number of rotatable bonds is 3. The topological polar surface area (TPSA) is 74.2 Å². The van der Waals surface area contributed by atoms with Crippen molar-refractivity contribution in [1.82, 2.24) is 10.1 Å². The molecule has 0 aliphatic heterocycles. The maximum Gasteiger partial charge on any atom is 0.244 e. The summed E-state index contributed by atoms with van der Waals surface area (Å²) in [6.07, 6.45) is 0. The van der Waals surface area contributed by atoms with Crippen LogP contribution in [-0.4, -0.2) is 17.3 Å². The Labute approximate surface area is 116 Å². The Bertz CT molecular complexity index is 605. The van der Waals surface area contributed by atoms with Crippen molar-refractivity contribution in [2.24, 2.45) is 11.1 Å². The fourth-order valence-electron chi connectivity index (χ4n) is 1.65. The zero-order valence-electron chi connectivity index (χ0n) is 12.0. The molecule has 0 saturated carbocycles. The van der Waals surface area contributed by atoms with Gasteiger partial charge in [-0.1, -0.05) is 25.9 Å². The first kappa shape index (κ1) is 14.5.